The molecule has 5 rings (SSSR count). The maximum atomic E-state index is 14.5. The number of primary amides is 1. The Kier molecular flexibility index (Phi) is 6.64. The first-order valence-corrected chi connectivity index (χ1v) is 12.2. The van der Waals surface area contributed by atoms with Crippen LogP contribution in [0.25, 0.3) is 21.2 Å². The first-order chi connectivity index (χ1) is 18.6. The minimum absolute atomic E-state index is 0.0824. The number of alkyl halides is 3. The zero-order chi connectivity index (χ0) is 27.7. The monoisotopic (exact) mass is 547 g/mol. The van der Waals surface area contributed by atoms with Crippen LogP contribution in [0.15, 0.2) is 78.6 Å². The van der Waals surface area contributed by atoms with Gasteiger partial charge in [0.05, 0.1) is 27.2 Å². The number of carbonyl (C=O) groups is 1. The Hall–Kier alpha value is -4.95. The largest absolute Gasteiger partial charge is 0.416 e. The van der Waals surface area contributed by atoms with Crippen molar-refractivity contribution in [1.82, 2.24) is 9.97 Å². The normalized spacial score (nSPS) is 11.2. The lowest BCUT2D eigenvalue weighted by Gasteiger charge is -2.22. The maximum absolute atomic E-state index is 14.5. The molecule has 0 bridgehead atoms. The maximum Gasteiger partial charge on any atom is 0.416 e. The summed E-state index contributed by atoms with van der Waals surface area (Å²) >= 11 is 1.43. The fraction of sp³-hybridized carbons (Fsp3) is 0.0357. The zero-order valence-corrected chi connectivity index (χ0v) is 20.6. The Bertz CT molecular complexity index is 1760. The van der Waals surface area contributed by atoms with Crippen molar-refractivity contribution in [1.29, 1.82) is 0 Å². The van der Waals surface area contributed by atoms with Gasteiger partial charge in [-0.15, -0.1) is 11.3 Å². The number of fused-ring (bicyclic) bond motifs is 1. The first kappa shape index (κ1) is 25.7. The van der Waals surface area contributed by atoms with Gasteiger partial charge in [0.2, 0.25) is 0 Å². The van der Waals surface area contributed by atoms with Gasteiger partial charge in [0, 0.05) is 35.1 Å². The molecule has 2 aromatic carbocycles. The van der Waals surface area contributed by atoms with Crippen molar-refractivity contribution in [3.63, 3.8) is 0 Å². The van der Waals surface area contributed by atoms with Crippen LogP contribution in [0.2, 0.25) is 0 Å². The molecule has 5 aromatic rings. The van der Waals surface area contributed by atoms with Gasteiger partial charge in [0.1, 0.15) is 11.6 Å². The van der Waals surface area contributed by atoms with E-state index >= 15 is 0 Å². The van der Waals surface area contributed by atoms with Crippen LogP contribution in [-0.4, -0.2) is 16.0 Å². The van der Waals surface area contributed by atoms with E-state index < -0.39 is 29.3 Å². The van der Waals surface area contributed by atoms with E-state index in [4.69, 9.17) is 11.5 Å². The number of hydrogen-bond donors (Lipinski definition) is 2. The fourth-order valence-electron chi connectivity index (χ4n) is 3.98. The quantitative estimate of drug-likeness (QED) is 0.194. The summed E-state index contributed by atoms with van der Waals surface area (Å²) in [5, 5.41) is 2.57. The standard InChI is InChI=1S/C28H17F4N5OS/c29-22-8-5-19(28(30,31)32)13-23(22)37(27(34)38)20-6-3-17(4-7-20)21-15-39-25-18(14-36-26(33)24(21)25)2-1-16-9-11-35-12-10-16/h3-15H,(H2,33,36)(H2,34,38). The number of amides is 2. The number of benzene rings is 2. The number of nitrogens with zero attached hydrogens (tertiary/aromatic N) is 3. The minimum atomic E-state index is -4.73. The number of hydrogen-bond acceptors (Lipinski definition) is 5. The molecule has 0 spiro atoms. The highest BCUT2D eigenvalue weighted by Crippen LogP contribution is 2.40. The summed E-state index contributed by atoms with van der Waals surface area (Å²) in [6.07, 6.45) is 0.164. The molecule has 4 N–H and O–H groups in total. The minimum Gasteiger partial charge on any atom is -0.383 e. The van der Waals surface area contributed by atoms with Gasteiger partial charge in [-0.25, -0.2) is 14.2 Å². The van der Waals surface area contributed by atoms with Crippen LogP contribution in [-0.2, 0) is 6.18 Å². The van der Waals surface area contributed by atoms with E-state index in [0.717, 1.165) is 15.8 Å². The molecule has 3 aromatic heterocycles. The van der Waals surface area contributed by atoms with Crippen LogP contribution in [0, 0.1) is 17.7 Å². The predicted molar refractivity (Wildman–Crippen MR) is 143 cm³/mol. The van der Waals surface area contributed by atoms with E-state index in [0.29, 0.717) is 45.4 Å². The number of thiophene rings is 1. The van der Waals surface area contributed by atoms with Gasteiger partial charge in [0.15, 0.2) is 0 Å². The topological polar surface area (TPSA) is 98.1 Å². The smallest absolute Gasteiger partial charge is 0.383 e. The molecule has 11 heteroatoms. The van der Waals surface area contributed by atoms with Gasteiger partial charge in [0.25, 0.3) is 0 Å². The molecule has 0 aliphatic carbocycles. The third-order valence-corrected chi connectivity index (χ3v) is 6.83. The molecule has 39 heavy (non-hydrogen) atoms. The molecule has 0 saturated heterocycles. The molecule has 6 nitrogen and oxygen atoms in total. The van der Waals surface area contributed by atoms with Gasteiger partial charge >= 0.3 is 12.2 Å². The van der Waals surface area contributed by atoms with E-state index in [1.165, 1.54) is 23.5 Å². The molecule has 194 valence electrons. The van der Waals surface area contributed by atoms with Crippen molar-refractivity contribution in [2.75, 3.05) is 10.6 Å². The van der Waals surface area contributed by atoms with Gasteiger partial charge in [-0.1, -0.05) is 24.0 Å². The van der Waals surface area contributed by atoms with Crippen molar-refractivity contribution in [2.24, 2.45) is 5.73 Å². The highest BCUT2D eigenvalue weighted by Gasteiger charge is 2.32. The van der Waals surface area contributed by atoms with Crippen LogP contribution in [0.4, 0.5) is 39.5 Å². The van der Waals surface area contributed by atoms with Crippen molar-refractivity contribution in [3.05, 3.63) is 101 Å². The summed E-state index contributed by atoms with van der Waals surface area (Å²) in [6, 6.07) is 10.4. The predicted octanol–water partition coefficient (Wildman–Crippen LogP) is 6.72. The number of carbonyl (C=O) groups excluding carboxylic acids is 1. The Balaban J connectivity index is 1.53. The van der Waals surface area contributed by atoms with E-state index in [-0.39, 0.29) is 5.69 Å². The second-order valence-electron chi connectivity index (χ2n) is 8.28. The number of nitrogens with two attached hydrogens (primary N) is 2. The number of anilines is 3. The van der Waals surface area contributed by atoms with Crippen LogP contribution in [0.5, 0.6) is 0 Å². The van der Waals surface area contributed by atoms with E-state index in [2.05, 4.69) is 21.8 Å². The molecule has 0 aliphatic heterocycles. The summed E-state index contributed by atoms with van der Waals surface area (Å²) in [5.41, 5.74) is 12.9. The fourth-order valence-corrected chi connectivity index (χ4v) is 5.03. The average Bonchev–Trinajstić information content (AvgIpc) is 3.36. The zero-order valence-electron chi connectivity index (χ0n) is 19.8. The van der Waals surface area contributed by atoms with Crippen LogP contribution < -0.4 is 16.4 Å². The number of urea groups is 1. The second-order valence-corrected chi connectivity index (χ2v) is 9.16. The third-order valence-electron chi connectivity index (χ3n) is 5.82. The Morgan fingerprint density at radius 1 is 1.00 bits per heavy atom. The number of nitrogen functional groups attached to an aromatic ring is 1. The third kappa shape index (κ3) is 5.10. The molecule has 0 atom stereocenters. The summed E-state index contributed by atoms with van der Waals surface area (Å²) in [5.74, 6) is 5.45. The lowest BCUT2D eigenvalue weighted by molar-refractivity contribution is -0.137. The summed E-state index contributed by atoms with van der Waals surface area (Å²) in [6.45, 7) is 0. The van der Waals surface area contributed by atoms with E-state index in [1.54, 1.807) is 42.9 Å². The van der Waals surface area contributed by atoms with Gasteiger partial charge in [-0.3, -0.25) is 9.88 Å². The first-order valence-electron chi connectivity index (χ1n) is 11.3. The summed E-state index contributed by atoms with van der Waals surface area (Å²) < 4.78 is 55.0. The highest BCUT2D eigenvalue weighted by atomic mass is 32.1. The molecule has 0 saturated carbocycles. The van der Waals surface area contributed by atoms with Crippen LogP contribution in [0.3, 0.4) is 0 Å². The summed E-state index contributed by atoms with van der Waals surface area (Å²) in [7, 11) is 0. The Morgan fingerprint density at radius 3 is 2.38 bits per heavy atom. The molecule has 0 fully saturated rings. The molecular formula is C28H17F4N5OS. The highest BCUT2D eigenvalue weighted by molar-refractivity contribution is 7.18. The van der Waals surface area contributed by atoms with E-state index in [1.807, 2.05) is 5.38 Å². The van der Waals surface area contributed by atoms with Crippen molar-refractivity contribution in [2.45, 2.75) is 6.18 Å². The molecule has 3 heterocycles. The van der Waals surface area contributed by atoms with Crippen molar-refractivity contribution in [3.8, 4) is 23.0 Å². The molecular weight excluding hydrogens is 530 g/mol. The number of rotatable bonds is 3. The molecule has 0 unspecified atom stereocenters. The molecule has 2 amide bonds. The number of pyridine rings is 2. The lowest BCUT2D eigenvalue weighted by Crippen LogP contribution is -2.32. The molecule has 0 aliphatic rings. The number of aromatic nitrogens is 2. The van der Waals surface area contributed by atoms with Crippen LogP contribution >= 0.6 is 11.3 Å². The van der Waals surface area contributed by atoms with Gasteiger partial charge in [-0.2, -0.15) is 13.2 Å². The summed E-state index contributed by atoms with van der Waals surface area (Å²) in [4.78, 5) is 21.2. The van der Waals surface area contributed by atoms with Crippen molar-refractivity contribution >= 4 is 44.6 Å². The average molecular weight is 548 g/mol. The molecule has 0 radical (unpaired) electrons. The SMILES string of the molecule is NC(=O)N(c1ccc(-c2csc3c(C#Cc4ccncc4)cnc(N)c23)cc1)c1cc(C(F)(F)F)ccc1F. The lowest BCUT2D eigenvalue weighted by atomic mass is 10.0. The van der Waals surface area contributed by atoms with E-state index in [9.17, 15) is 22.4 Å². The van der Waals surface area contributed by atoms with Gasteiger partial charge in [-0.05, 0) is 53.4 Å². The van der Waals surface area contributed by atoms with Gasteiger partial charge < -0.3 is 11.5 Å². The Morgan fingerprint density at radius 2 is 1.72 bits per heavy atom. The Labute approximate surface area is 223 Å². The number of halogens is 4. The van der Waals surface area contributed by atoms with Crippen molar-refractivity contribution < 1.29 is 22.4 Å². The second kappa shape index (κ2) is 10.1. The van der Waals surface area contributed by atoms with Crippen LogP contribution in [0.1, 0.15) is 16.7 Å².